The minimum atomic E-state index is -2.21. The fourth-order valence-corrected chi connectivity index (χ4v) is 4.06. The van der Waals surface area contributed by atoms with Crippen molar-refractivity contribution in [3.63, 3.8) is 0 Å². The summed E-state index contributed by atoms with van der Waals surface area (Å²) in [6.07, 6.45) is 5.02. The van der Waals surface area contributed by atoms with E-state index in [2.05, 4.69) is 19.9 Å². The molecule has 0 saturated heterocycles. The van der Waals surface area contributed by atoms with Crippen LogP contribution in [0.4, 0.5) is 22.0 Å². The number of hydrogen-bond acceptors (Lipinski definition) is 2. The number of halogens is 7. The smallest absolute Gasteiger partial charge is 1.00 e. The van der Waals surface area contributed by atoms with Crippen LogP contribution in [-0.4, -0.2) is 19.9 Å². The van der Waals surface area contributed by atoms with Gasteiger partial charge in [0, 0.05) is 27.6 Å². The number of nitrogens with one attached hydrogen (secondary N) is 2. The summed E-state index contributed by atoms with van der Waals surface area (Å²) < 4.78 is 70.9. The average molecular weight is 603 g/mol. The Morgan fingerprint density at radius 1 is 0.526 bits per heavy atom. The first-order chi connectivity index (χ1) is 16.9. The third kappa shape index (κ3) is 5.13. The van der Waals surface area contributed by atoms with Crippen molar-refractivity contribution in [1.82, 2.24) is 19.9 Å². The Morgan fingerprint density at radius 2 is 0.947 bits per heavy atom. The molecule has 0 unspecified atom stereocenters. The van der Waals surface area contributed by atoms with Gasteiger partial charge in [-0.25, -0.2) is 31.9 Å². The third-order valence-electron chi connectivity index (χ3n) is 5.64. The van der Waals surface area contributed by atoms with E-state index in [9.17, 15) is 22.0 Å². The summed E-state index contributed by atoms with van der Waals surface area (Å²) >= 11 is 0. The maximum absolute atomic E-state index is 14.7. The van der Waals surface area contributed by atoms with Gasteiger partial charge in [0.15, 0.2) is 23.3 Å². The van der Waals surface area contributed by atoms with Gasteiger partial charge >= 0.3 is 17.1 Å². The predicted octanol–water partition coefficient (Wildman–Crippen LogP) is 0.775. The van der Waals surface area contributed by atoms with Crippen LogP contribution >= 0.6 is 0 Å². The molecule has 38 heavy (non-hydrogen) atoms. The fourth-order valence-electron chi connectivity index (χ4n) is 4.06. The summed E-state index contributed by atoms with van der Waals surface area (Å²) in [6.45, 7) is 0. The molecule has 1 aromatic carbocycles. The summed E-state index contributed by atoms with van der Waals surface area (Å²) in [4.78, 5) is 15.2. The molecule has 0 saturated carbocycles. The molecule has 2 aliphatic rings. The van der Waals surface area contributed by atoms with E-state index in [1.807, 2.05) is 30.4 Å². The molecule has 12 heteroatoms. The van der Waals surface area contributed by atoms with Gasteiger partial charge in [-0.05, 0) is 66.8 Å². The van der Waals surface area contributed by atoms with Crippen LogP contribution in [-0.2, 0) is 17.1 Å². The van der Waals surface area contributed by atoms with Gasteiger partial charge in [0.05, 0.1) is 28.3 Å². The molecule has 0 atom stereocenters. The summed E-state index contributed by atoms with van der Waals surface area (Å²) in [5, 5.41) is 0. The quantitative estimate of drug-likeness (QED) is 0.127. The Balaban J connectivity index is 0.00000133. The maximum Gasteiger partial charge on any atom is 2.00 e. The van der Waals surface area contributed by atoms with E-state index < -0.39 is 34.6 Å². The molecule has 0 aliphatic carbocycles. The molecule has 8 bridgehead atoms. The molecule has 0 amide bonds. The minimum absolute atomic E-state index is 0. The first-order valence-electron chi connectivity index (χ1n) is 10.5. The Morgan fingerprint density at radius 3 is 1.45 bits per heavy atom. The molecule has 2 aliphatic heterocycles. The number of hydrogen-bond donors (Lipinski definition) is 2. The molecule has 4 nitrogen and oxygen atoms in total. The minimum Gasteiger partial charge on any atom is -1.00 e. The predicted molar refractivity (Wildman–Crippen MR) is 123 cm³/mol. The van der Waals surface area contributed by atoms with Crippen molar-refractivity contribution in [3.05, 3.63) is 106 Å². The molecule has 5 heterocycles. The standard InChI is InChI=1S/C26H13F5N4.2ClH.Fe/c27-22-21(23(28)25(30)26(31)24(22)29)19-10-18-9-16-4-3-14(33-16)7-12-1-2-13(32-12)8-15-5-6-17(34-15)11-20(19)35-18;;;/h1-11,33-34H;2*1H;/q;;;+2/p-2. The first-order valence-corrected chi connectivity index (χ1v) is 10.5. The van der Waals surface area contributed by atoms with Crippen molar-refractivity contribution in [3.8, 4) is 0 Å². The number of aromatic nitrogens is 4. The number of rotatable bonds is 1. The molecular formula is C26H13Cl2F5FeN4. The van der Waals surface area contributed by atoms with E-state index >= 15 is 0 Å². The molecular weight excluding hydrogens is 590 g/mol. The summed E-state index contributed by atoms with van der Waals surface area (Å²) in [6, 6.07) is 13.8. The Hall–Kier alpha value is -3.43. The van der Waals surface area contributed by atoms with E-state index in [1.54, 1.807) is 24.3 Å². The molecule has 0 fully saturated rings. The second kappa shape index (κ2) is 11.1. The van der Waals surface area contributed by atoms with E-state index in [0.717, 1.165) is 11.2 Å². The zero-order valence-corrected chi connectivity index (χ0v) is 21.4. The van der Waals surface area contributed by atoms with Crippen LogP contribution in [0.25, 0.3) is 45.9 Å². The number of H-pyrrole nitrogens is 2. The number of benzene rings is 1. The van der Waals surface area contributed by atoms with Gasteiger partial charge < -0.3 is 34.8 Å². The zero-order chi connectivity index (χ0) is 24.3. The fraction of sp³-hybridized carbons (Fsp3) is 0. The summed E-state index contributed by atoms with van der Waals surface area (Å²) in [7, 11) is 0. The third-order valence-corrected chi connectivity index (χ3v) is 5.64. The molecule has 0 spiro atoms. The van der Waals surface area contributed by atoms with Crippen LogP contribution in [0.3, 0.4) is 0 Å². The van der Waals surface area contributed by atoms with Gasteiger partial charge in [0.1, 0.15) is 0 Å². The summed E-state index contributed by atoms with van der Waals surface area (Å²) in [5.74, 6) is -10.1. The molecule has 2 N–H and O–H groups in total. The van der Waals surface area contributed by atoms with Crippen LogP contribution in [0.5, 0.6) is 0 Å². The van der Waals surface area contributed by atoms with Gasteiger partial charge in [0.2, 0.25) is 5.82 Å². The van der Waals surface area contributed by atoms with E-state index in [1.165, 1.54) is 12.1 Å². The van der Waals surface area contributed by atoms with Gasteiger partial charge in [-0.15, -0.1) is 0 Å². The molecule has 4 aromatic rings. The Kier molecular flexibility index (Phi) is 8.53. The first kappa shape index (κ1) is 29.1. The molecule has 3 aromatic heterocycles. The molecule has 6 rings (SSSR count). The second-order valence-electron chi connectivity index (χ2n) is 8.04. The van der Waals surface area contributed by atoms with Crippen LogP contribution in [0, 0.1) is 29.1 Å². The monoisotopic (exact) mass is 602 g/mol. The number of aromatic amines is 2. The Labute approximate surface area is 235 Å². The van der Waals surface area contributed by atoms with Gasteiger partial charge in [-0.3, -0.25) is 0 Å². The van der Waals surface area contributed by atoms with Crippen molar-refractivity contribution in [2.75, 3.05) is 0 Å². The number of nitrogens with zero attached hydrogens (tertiary/aromatic N) is 2. The largest absolute Gasteiger partial charge is 2.00 e. The Bertz CT molecular complexity index is 1750. The van der Waals surface area contributed by atoms with Crippen LogP contribution in [0.1, 0.15) is 28.3 Å². The van der Waals surface area contributed by atoms with Crippen molar-refractivity contribution in [2.24, 2.45) is 0 Å². The average Bonchev–Trinajstić information content (AvgIpc) is 3.62. The van der Waals surface area contributed by atoms with Crippen LogP contribution in [0.15, 0.2) is 48.5 Å². The maximum atomic E-state index is 14.7. The topological polar surface area (TPSA) is 57.4 Å². The van der Waals surface area contributed by atoms with Crippen LogP contribution < -0.4 is 24.8 Å². The molecule has 0 radical (unpaired) electrons. The van der Waals surface area contributed by atoms with Crippen LogP contribution in [0.2, 0.25) is 0 Å². The van der Waals surface area contributed by atoms with Gasteiger partial charge in [-0.2, -0.15) is 0 Å². The van der Waals surface area contributed by atoms with Crippen molar-refractivity contribution in [1.29, 1.82) is 0 Å². The molecule has 194 valence electrons. The zero-order valence-electron chi connectivity index (χ0n) is 18.7. The van der Waals surface area contributed by atoms with E-state index in [0.29, 0.717) is 22.2 Å². The van der Waals surface area contributed by atoms with E-state index in [-0.39, 0.29) is 58.8 Å². The number of fused-ring (bicyclic) bond motifs is 8. The van der Waals surface area contributed by atoms with Crippen molar-refractivity contribution >= 4 is 45.9 Å². The SMILES string of the molecule is Fc1c(F)c(F)c(C2=Cc3cc4ccc(cc5nc(cc6ccc(cc2n3)[nH]6)C=C5)[nH]4)c(F)c1F.[Cl-].[Cl-].[Fe+2]. The van der Waals surface area contributed by atoms with Gasteiger partial charge in [0.25, 0.3) is 0 Å². The van der Waals surface area contributed by atoms with Crippen molar-refractivity contribution in [2.45, 2.75) is 0 Å². The summed E-state index contributed by atoms with van der Waals surface area (Å²) in [5.41, 5.74) is 3.09. The second-order valence-corrected chi connectivity index (χ2v) is 8.04. The van der Waals surface area contributed by atoms with Crippen molar-refractivity contribution < 1.29 is 63.8 Å². The normalized spacial score (nSPS) is 11.8. The van der Waals surface area contributed by atoms with Gasteiger partial charge in [-0.1, -0.05) is 0 Å². The van der Waals surface area contributed by atoms with E-state index in [4.69, 9.17) is 0 Å².